The van der Waals surface area contributed by atoms with Gasteiger partial charge in [-0.2, -0.15) is 0 Å². The van der Waals surface area contributed by atoms with Gasteiger partial charge in [-0.05, 0) is 58.7 Å². The molecule has 14 heteroatoms. The van der Waals surface area contributed by atoms with Gasteiger partial charge in [-0.3, -0.25) is 9.59 Å². The van der Waals surface area contributed by atoms with Crippen LogP contribution in [-0.2, 0) is 35.5 Å². The van der Waals surface area contributed by atoms with E-state index in [0.29, 0.717) is 0 Å². The van der Waals surface area contributed by atoms with Crippen molar-refractivity contribution in [1.29, 1.82) is 0 Å². The molecule has 3 aliphatic rings. The highest BCUT2D eigenvalue weighted by Gasteiger charge is 2.85. The summed E-state index contributed by atoms with van der Waals surface area (Å²) in [7, 11) is 1.47. The first-order valence-corrected chi connectivity index (χ1v) is 15.5. The Kier molecular flexibility index (Phi) is 7.94. The molecule has 0 aromatic carbocycles. The van der Waals surface area contributed by atoms with Gasteiger partial charge in [0.25, 0.3) is 0 Å². The van der Waals surface area contributed by atoms with Crippen molar-refractivity contribution in [3.63, 3.8) is 0 Å². The van der Waals surface area contributed by atoms with Crippen molar-refractivity contribution >= 4 is 23.9 Å². The second-order valence-electron chi connectivity index (χ2n) is 13.6. The van der Waals surface area contributed by atoms with Crippen LogP contribution in [0.4, 0.5) is 0 Å². The smallest absolute Gasteiger partial charge is 0.341 e. The second kappa shape index (κ2) is 11.5. The van der Waals surface area contributed by atoms with Crippen LogP contribution in [0.2, 0.25) is 0 Å². The molecule has 1 N–H and O–H groups in total. The summed E-state index contributed by atoms with van der Waals surface area (Å²) in [6, 6.07) is 5.31. The molecule has 2 bridgehead atoms. The minimum Gasteiger partial charge on any atom is -0.472 e. The number of nitrogens with zero attached hydrogens (tertiary/aromatic N) is 1. The summed E-state index contributed by atoms with van der Waals surface area (Å²) in [6.07, 6.45) is 1.03. The standard InChI is InChI=1S/C34H37NO13/c1-18(36)44-26-24-25(46-28(38)19-7-8-23(37)35(6)15-19)27(47-30(40)21-11-14-43-17-21)33(5)22(45-29(39)20-10-13-42-16-20)9-12-32(4,41)34(26,33)48-31(24,2)3/h7-8,10-11,13-17,22,24-27,41H,9,12H2,1-6H3/t22-,24+,25-,26+,27-,32-,33-,34-/m0/s1. The zero-order chi connectivity index (χ0) is 34.8. The lowest BCUT2D eigenvalue weighted by atomic mass is 9.47. The quantitative estimate of drug-likeness (QED) is 0.287. The van der Waals surface area contributed by atoms with E-state index in [2.05, 4.69) is 0 Å². The first kappa shape index (κ1) is 33.2. The van der Waals surface area contributed by atoms with E-state index in [1.807, 2.05) is 0 Å². The Morgan fingerprint density at radius 2 is 1.44 bits per heavy atom. The predicted molar refractivity (Wildman–Crippen MR) is 162 cm³/mol. The molecule has 1 saturated heterocycles. The number of pyridine rings is 1. The van der Waals surface area contributed by atoms with Crippen molar-refractivity contribution < 1.29 is 56.8 Å². The summed E-state index contributed by atoms with van der Waals surface area (Å²) in [5, 5.41) is 12.3. The molecule has 1 aliphatic heterocycles. The van der Waals surface area contributed by atoms with E-state index in [-0.39, 0.29) is 35.1 Å². The highest BCUT2D eigenvalue weighted by atomic mass is 16.6. The van der Waals surface area contributed by atoms with Gasteiger partial charge in [0.2, 0.25) is 5.56 Å². The van der Waals surface area contributed by atoms with Crippen molar-refractivity contribution in [2.75, 3.05) is 0 Å². The minimum absolute atomic E-state index is 0.0123. The lowest BCUT2D eigenvalue weighted by Crippen LogP contribution is -2.81. The van der Waals surface area contributed by atoms with Crippen molar-refractivity contribution in [1.82, 2.24) is 4.57 Å². The molecule has 2 aliphatic carbocycles. The Morgan fingerprint density at radius 1 is 0.833 bits per heavy atom. The molecule has 4 heterocycles. The SMILES string of the molecule is CC(=O)O[C@@H]1[C@H]2[C@H](OC(=O)c3ccc(=O)n(C)c3)[C@H](OC(=O)c3ccoc3)[C@]3(C)[C@@H](OC(=O)c4ccoc4)CC[C@](C)(O)[C@@]13OC2(C)C. The molecule has 14 nitrogen and oxygen atoms in total. The molecule has 3 aromatic rings. The Balaban J connectivity index is 1.57. The number of fused-ring (bicyclic) bond motifs is 1. The fourth-order valence-corrected chi connectivity index (χ4v) is 8.09. The number of aryl methyl sites for hydroxylation is 1. The molecular weight excluding hydrogens is 630 g/mol. The third-order valence-corrected chi connectivity index (χ3v) is 10.2. The van der Waals surface area contributed by atoms with Crippen LogP contribution in [0, 0.1) is 11.3 Å². The highest BCUT2D eigenvalue weighted by molar-refractivity contribution is 5.90. The van der Waals surface area contributed by atoms with E-state index >= 15 is 0 Å². The molecule has 0 unspecified atom stereocenters. The maximum atomic E-state index is 13.9. The molecule has 0 radical (unpaired) electrons. The van der Waals surface area contributed by atoms with E-state index in [9.17, 15) is 29.1 Å². The number of hydrogen-bond donors (Lipinski definition) is 1. The Morgan fingerprint density at radius 3 is 2.00 bits per heavy atom. The molecule has 48 heavy (non-hydrogen) atoms. The summed E-state index contributed by atoms with van der Waals surface area (Å²) in [5.74, 6) is -4.24. The maximum Gasteiger partial charge on any atom is 0.341 e. The van der Waals surface area contributed by atoms with Crippen LogP contribution in [0.15, 0.2) is 69.1 Å². The molecule has 6 rings (SSSR count). The van der Waals surface area contributed by atoms with Crippen LogP contribution in [0.25, 0.3) is 0 Å². The van der Waals surface area contributed by atoms with Crippen molar-refractivity contribution in [2.45, 2.75) is 88.7 Å². The third kappa shape index (κ3) is 4.96. The summed E-state index contributed by atoms with van der Waals surface area (Å²) in [4.78, 5) is 65.9. The number of furan rings is 2. The fraction of sp³-hybridized carbons (Fsp3) is 0.500. The molecule has 2 saturated carbocycles. The van der Waals surface area contributed by atoms with Crippen molar-refractivity contribution in [3.8, 4) is 0 Å². The average Bonchev–Trinajstić information content (AvgIpc) is 3.77. The normalized spacial score (nSPS) is 33.3. The predicted octanol–water partition coefficient (Wildman–Crippen LogP) is 3.21. The Hall–Kier alpha value is -4.69. The van der Waals surface area contributed by atoms with Crippen molar-refractivity contribution in [3.05, 3.63) is 82.6 Å². The van der Waals surface area contributed by atoms with Gasteiger partial charge < -0.3 is 42.2 Å². The molecule has 8 atom stereocenters. The van der Waals surface area contributed by atoms with Gasteiger partial charge in [-0.1, -0.05) is 0 Å². The third-order valence-electron chi connectivity index (χ3n) is 10.2. The van der Waals surface area contributed by atoms with E-state index in [0.717, 1.165) is 0 Å². The Bertz CT molecular complexity index is 1790. The zero-order valence-corrected chi connectivity index (χ0v) is 27.3. The van der Waals surface area contributed by atoms with Gasteiger partial charge >= 0.3 is 23.9 Å². The number of rotatable bonds is 7. The molecule has 256 valence electrons. The van der Waals surface area contributed by atoms with Gasteiger partial charge in [0, 0.05) is 26.2 Å². The number of esters is 4. The van der Waals surface area contributed by atoms with Crippen LogP contribution < -0.4 is 5.56 Å². The first-order chi connectivity index (χ1) is 22.5. The lowest BCUT2D eigenvalue weighted by molar-refractivity contribution is -0.334. The maximum absolute atomic E-state index is 13.9. The molecule has 1 spiro atoms. The summed E-state index contributed by atoms with van der Waals surface area (Å²) in [6.45, 7) is 7.70. The van der Waals surface area contributed by atoms with E-state index in [1.165, 1.54) is 81.0 Å². The molecule has 3 aromatic heterocycles. The van der Waals surface area contributed by atoms with Crippen LogP contribution in [0.5, 0.6) is 0 Å². The van der Waals surface area contributed by atoms with Crippen LogP contribution >= 0.6 is 0 Å². The molecular formula is C34H37NO13. The number of carbonyl (C=O) groups is 4. The van der Waals surface area contributed by atoms with Gasteiger partial charge in [0.05, 0.1) is 51.8 Å². The van der Waals surface area contributed by atoms with Gasteiger partial charge in [0.1, 0.15) is 36.4 Å². The molecule has 3 fully saturated rings. The fourth-order valence-electron chi connectivity index (χ4n) is 8.09. The van der Waals surface area contributed by atoms with E-state index in [1.54, 1.807) is 20.8 Å². The topological polar surface area (TPSA) is 183 Å². The summed E-state index contributed by atoms with van der Waals surface area (Å²) >= 11 is 0. The summed E-state index contributed by atoms with van der Waals surface area (Å²) < 4.78 is 42.9. The number of ether oxygens (including phenoxy) is 5. The number of carbonyl (C=O) groups excluding carboxylic acids is 4. The van der Waals surface area contributed by atoms with E-state index in [4.69, 9.17) is 32.5 Å². The number of aromatic nitrogens is 1. The largest absolute Gasteiger partial charge is 0.472 e. The monoisotopic (exact) mass is 667 g/mol. The van der Waals surface area contributed by atoms with Crippen LogP contribution in [-0.4, -0.2) is 74.8 Å². The number of aliphatic hydroxyl groups is 1. The zero-order valence-electron chi connectivity index (χ0n) is 27.3. The van der Waals surface area contributed by atoms with Crippen LogP contribution in [0.3, 0.4) is 0 Å². The second-order valence-corrected chi connectivity index (χ2v) is 13.6. The van der Waals surface area contributed by atoms with E-state index < -0.39 is 76.4 Å². The van der Waals surface area contributed by atoms with Gasteiger partial charge in [-0.15, -0.1) is 0 Å². The average molecular weight is 668 g/mol. The van der Waals surface area contributed by atoms with Crippen molar-refractivity contribution in [2.24, 2.45) is 18.4 Å². The van der Waals surface area contributed by atoms with Crippen LogP contribution in [0.1, 0.15) is 78.5 Å². The molecule has 0 amide bonds. The van der Waals surface area contributed by atoms with Gasteiger partial charge in [0.15, 0.2) is 6.10 Å². The first-order valence-electron chi connectivity index (χ1n) is 15.5. The minimum atomic E-state index is -1.87. The summed E-state index contributed by atoms with van der Waals surface area (Å²) in [5.41, 5.74) is -6.88. The lowest BCUT2D eigenvalue weighted by Gasteiger charge is -2.65. The number of hydrogen-bond acceptors (Lipinski definition) is 13. The Labute approximate surface area is 274 Å². The van der Waals surface area contributed by atoms with Gasteiger partial charge in [-0.25, -0.2) is 14.4 Å². The highest BCUT2D eigenvalue weighted by Crippen LogP contribution is 2.69.